The van der Waals surface area contributed by atoms with Crippen LogP contribution in [0.25, 0.3) is 0 Å². The molecule has 1 amide bonds. The van der Waals surface area contributed by atoms with Crippen LogP contribution in [-0.4, -0.2) is 47.9 Å². The fraction of sp³-hybridized carbons (Fsp3) is 0.500. The van der Waals surface area contributed by atoms with Crippen LogP contribution in [0.15, 0.2) is 36.4 Å². The SMILES string of the molecule is COc1cc2c(cc1O)CCN1C[C@@H](c3cccc(C)c3)[C@H](NC(=O)OC(C)(C)C)C[C@H]21. The van der Waals surface area contributed by atoms with Gasteiger partial charge in [-0.3, -0.25) is 4.90 Å². The fourth-order valence-electron chi connectivity index (χ4n) is 5.07. The molecule has 1 saturated heterocycles. The Morgan fingerprint density at radius 1 is 1.22 bits per heavy atom. The zero-order valence-corrected chi connectivity index (χ0v) is 19.6. The molecular formula is C26H34N2O4. The number of nitrogens with one attached hydrogen (secondary N) is 1. The molecule has 0 radical (unpaired) electrons. The molecule has 0 saturated carbocycles. The summed E-state index contributed by atoms with van der Waals surface area (Å²) in [5.74, 6) is 0.832. The molecule has 6 heteroatoms. The molecule has 1 fully saturated rings. The number of rotatable bonds is 3. The van der Waals surface area contributed by atoms with Crippen molar-refractivity contribution in [1.82, 2.24) is 10.2 Å². The topological polar surface area (TPSA) is 71.0 Å². The molecule has 2 aromatic rings. The number of hydrogen-bond donors (Lipinski definition) is 2. The van der Waals surface area contributed by atoms with E-state index in [1.54, 1.807) is 7.11 Å². The molecule has 0 aliphatic carbocycles. The number of fused-ring (bicyclic) bond motifs is 3. The number of ether oxygens (including phenoxy) is 2. The first-order valence-corrected chi connectivity index (χ1v) is 11.3. The van der Waals surface area contributed by atoms with Gasteiger partial charge in [-0.1, -0.05) is 29.8 Å². The number of aromatic hydroxyl groups is 1. The molecule has 32 heavy (non-hydrogen) atoms. The van der Waals surface area contributed by atoms with Gasteiger partial charge in [-0.05, 0) is 69.4 Å². The van der Waals surface area contributed by atoms with Crippen molar-refractivity contribution in [3.05, 3.63) is 58.7 Å². The van der Waals surface area contributed by atoms with E-state index in [1.165, 1.54) is 16.7 Å². The van der Waals surface area contributed by atoms with Gasteiger partial charge in [0.2, 0.25) is 0 Å². The van der Waals surface area contributed by atoms with E-state index in [1.807, 2.05) is 32.9 Å². The van der Waals surface area contributed by atoms with Gasteiger partial charge < -0.3 is 19.9 Å². The molecule has 4 rings (SSSR count). The van der Waals surface area contributed by atoms with Gasteiger partial charge in [0, 0.05) is 31.1 Å². The number of amides is 1. The first-order chi connectivity index (χ1) is 15.1. The number of methoxy groups -OCH3 is 1. The Kier molecular flexibility index (Phi) is 6.08. The van der Waals surface area contributed by atoms with Crippen LogP contribution in [0.5, 0.6) is 11.5 Å². The van der Waals surface area contributed by atoms with Crippen LogP contribution in [0, 0.1) is 6.92 Å². The summed E-state index contributed by atoms with van der Waals surface area (Å²) in [5, 5.41) is 13.4. The van der Waals surface area contributed by atoms with Crippen LogP contribution >= 0.6 is 0 Å². The lowest BCUT2D eigenvalue weighted by molar-refractivity contribution is 0.0413. The van der Waals surface area contributed by atoms with Crippen molar-refractivity contribution in [3.8, 4) is 11.5 Å². The Morgan fingerprint density at radius 2 is 2.00 bits per heavy atom. The van der Waals surface area contributed by atoms with Crippen LogP contribution in [-0.2, 0) is 11.2 Å². The van der Waals surface area contributed by atoms with Gasteiger partial charge in [-0.25, -0.2) is 4.79 Å². The third kappa shape index (κ3) is 4.70. The van der Waals surface area contributed by atoms with Gasteiger partial charge in [0.15, 0.2) is 11.5 Å². The number of phenolic OH excluding ortho intramolecular Hbond substituents is 1. The fourth-order valence-corrected chi connectivity index (χ4v) is 5.07. The van der Waals surface area contributed by atoms with Crippen LogP contribution in [0.4, 0.5) is 4.79 Å². The standard InChI is InChI=1S/C26H34N2O4/c1-16-7-6-8-17(11-16)20-15-28-10-9-18-12-23(29)24(31-5)13-19(18)22(28)14-21(20)27-25(30)32-26(2,3)4/h6-8,11-13,20-22,29H,9-10,14-15H2,1-5H3,(H,27,30)/t20-,21+,22+/m0/s1. The minimum Gasteiger partial charge on any atom is -0.504 e. The maximum Gasteiger partial charge on any atom is 0.407 e. The lowest BCUT2D eigenvalue weighted by atomic mass is 9.77. The zero-order chi connectivity index (χ0) is 23.0. The highest BCUT2D eigenvalue weighted by Crippen LogP contribution is 2.44. The van der Waals surface area contributed by atoms with E-state index in [0.717, 1.165) is 31.5 Å². The highest BCUT2D eigenvalue weighted by atomic mass is 16.6. The van der Waals surface area contributed by atoms with E-state index < -0.39 is 5.60 Å². The number of carbonyl (C=O) groups excluding carboxylic acids is 1. The maximum absolute atomic E-state index is 12.7. The Labute approximate surface area is 190 Å². The highest BCUT2D eigenvalue weighted by molar-refractivity contribution is 5.68. The van der Waals surface area contributed by atoms with E-state index in [9.17, 15) is 9.90 Å². The molecular weight excluding hydrogens is 404 g/mol. The van der Waals surface area contributed by atoms with Crippen molar-refractivity contribution >= 4 is 6.09 Å². The number of aryl methyl sites for hydroxylation is 1. The lowest BCUT2D eigenvalue weighted by Gasteiger charge is -2.47. The summed E-state index contributed by atoms with van der Waals surface area (Å²) >= 11 is 0. The van der Waals surface area contributed by atoms with E-state index >= 15 is 0 Å². The van der Waals surface area contributed by atoms with E-state index in [-0.39, 0.29) is 29.8 Å². The average molecular weight is 439 g/mol. The smallest absolute Gasteiger partial charge is 0.407 e. The molecule has 172 valence electrons. The van der Waals surface area contributed by atoms with Gasteiger partial charge in [-0.15, -0.1) is 0 Å². The molecule has 0 aromatic heterocycles. The van der Waals surface area contributed by atoms with Crippen LogP contribution in [0.2, 0.25) is 0 Å². The average Bonchev–Trinajstić information content (AvgIpc) is 2.71. The number of piperidine rings is 1. The molecule has 2 aromatic carbocycles. The third-order valence-electron chi connectivity index (χ3n) is 6.48. The predicted octanol–water partition coefficient (Wildman–Crippen LogP) is 4.69. The monoisotopic (exact) mass is 438 g/mol. The summed E-state index contributed by atoms with van der Waals surface area (Å²) in [6.07, 6.45) is 1.26. The third-order valence-corrected chi connectivity index (χ3v) is 6.48. The molecule has 2 aliphatic rings. The molecule has 0 unspecified atom stereocenters. The summed E-state index contributed by atoms with van der Waals surface area (Å²) in [5.41, 5.74) is 4.22. The molecule has 0 bridgehead atoms. The molecule has 0 spiro atoms. The Bertz CT molecular complexity index is 998. The molecule has 6 nitrogen and oxygen atoms in total. The predicted molar refractivity (Wildman–Crippen MR) is 124 cm³/mol. The van der Waals surface area contributed by atoms with Gasteiger partial charge in [-0.2, -0.15) is 0 Å². The minimum atomic E-state index is -0.550. The number of alkyl carbamates (subject to hydrolysis) is 1. The number of hydrogen-bond acceptors (Lipinski definition) is 5. The first kappa shape index (κ1) is 22.5. The first-order valence-electron chi connectivity index (χ1n) is 11.3. The van der Waals surface area contributed by atoms with Gasteiger partial charge in [0.25, 0.3) is 0 Å². The Morgan fingerprint density at radius 3 is 2.69 bits per heavy atom. The van der Waals surface area contributed by atoms with Crippen LogP contribution in [0.1, 0.15) is 61.4 Å². The maximum atomic E-state index is 12.7. The van der Waals surface area contributed by atoms with E-state index in [4.69, 9.17) is 9.47 Å². The van der Waals surface area contributed by atoms with Crippen molar-refractivity contribution in [2.75, 3.05) is 20.2 Å². The lowest BCUT2D eigenvalue weighted by Crippen LogP contribution is -2.53. The summed E-state index contributed by atoms with van der Waals surface area (Å²) in [7, 11) is 1.57. The summed E-state index contributed by atoms with van der Waals surface area (Å²) in [6.45, 7) is 9.50. The van der Waals surface area contributed by atoms with E-state index in [0.29, 0.717) is 5.75 Å². The number of carbonyl (C=O) groups is 1. The van der Waals surface area contributed by atoms with E-state index in [2.05, 4.69) is 41.4 Å². The number of nitrogens with zero attached hydrogens (tertiary/aromatic N) is 1. The second kappa shape index (κ2) is 8.66. The Balaban J connectivity index is 1.67. The van der Waals surface area contributed by atoms with Crippen molar-refractivity contribution in [3.63, 3.8) is 0 Å². The molecule has 3 atom stereocenters. The number of phenols is 1. The zero-order valence-electron chi connectivity index (χ0n) is 19.6. The van der Waals surface area contributed by atoms with Gasteiger partial charge >= 0.3 is 6.09 Å². The molecule has 2 N–H and O–H groups in total. The van der Waals surface area contributed by atoms with Crippen molar-refractivity contribution in [2.24, 2.45) is 0 Å². The van der Waals surface area contributed by atoms with Crippen LogP contribution < -0.4 is 10.1 Å². The largest absolute Gasteiger partial charge is 0.504 e. The quantitative estimate of drug-likeness (QED) is 0.728. The number of benzene rings is 2. The summed E-state index contributed by atoms with van der Waals surface area (Å²) < 4.78 is 11.0. The van der Waals surface area contributed by atoms with Crippen molar-refractivity contribution in [2.45, 2.75) is 64.1 Å². The van der Waals surface area contributed by atoms with Crippen molar-refractivity contribution < 1.29 is 19.4 Å². The molecule has 2 aliphatic heterocycles. The molecule has 2 heterocycles. The Hall–Kier alpha value is -2.73. The van der Waals surface area contributed by atoms with Crippen LogP contribution in [0.3, 0.4) is 0 Å². The van der Waals surface area contributed by atoms with Gasteiger partial charge in [0.1, 0.15) is 5.60 Å². The highest BCUT2D eigenvalue weighted by Gasteiger charge is 2.41. The summed E-state index contributed by atoms with van der Waals surface area (Å²) in [6, 6.07) is 12.4. The van der Waals surface area contributed by atoms with Gasteiger partial charge in [0.05, 0.1) is 7.11 Å². The minimum absolute atomic E-state index is 0.0707. The summed E-state index contributed by atoms with van der Waals surface area (Å²) in [4.78, 5) is 15.2. The second-order valence-corrected chi connectivity index (χ2v) is 9.99. The van der Waals surface area contributed by atoms with Crippen molar-refractivity contribution in [1.29, 1.82) is 0 Å². The second-order valence-electron chi connectivity index (χ2n) is 9.99. The normalized spacial score (nSPS) is 23.1.